The average Bonchev–Trinajstić information content (AvgIpc) is 2.62. The molecule has 1 unspecified atom stereocenters. The van der Waals surface area contributed by atoms with Gasteiger partial charge in [0.25, 0.3) is 0 Å². The van der Waals surface area contributed by atoms with Crippen molar-refractivity contribution in [1.29, 1.82) is 0 Å². The van der Waals surface area contributed by atoms with Crippen LogP contribution in [0.1, 0.15) is 28.3 Å². The van der Waals surface area contributed by atoms with E-state index in [0.29, 0.717) is 22.6 Å². The minimum Gasteiger partial charge on any atom is -0.496 e. The summed E-state index contributed by atoms with van der Waals surface area (Å²) in [7, 11) is 3.01. The lowest BCUT2D eigenvalue weighted by Crippen LogP contribution is -2.35. The van der Waals surface area contributed by atoms with Crippen LogP contribution in [0, 0.1) is 13.8 Å². The van der Waals surface area contributed by atoms with E-state index in [1.165, 1.54) is 14.2 Å². The van der Waals surface area contributed by atoms with Crippen molar-refractivity contribution in [2.45, 2.75) is 26.3 Å². The second kappa shape index (κ2) is 8.38. The molecule has 0 spiro atoms. The largest absolute Gasteiger partial charge is 0.496 e. The number of carboxylic acid groups (broad SMARTS) is 1. The molecule has 0 radical (unpaired) electrons. The Hall–Kier alpha value is -3.02. The Kier molecular flexibility index (Phi) is 6.22. The maximum atomic E-state index is 12.5. The Labute approximate surface area is 152 Å². The van der Waals surface area contributed by atoms with Crippen LogP contribution in [0.25, 0.3) is 0 Å². The number of amides is 1. The number of hydrogen-bond acceptors (Lipinski definition) is 4. The molecule has 138 valence electrons. The summed E-state index contributed by atoms with van der Waals surface area (Å²) in [6.45, 7) is 3.75. The van der Waals surface area contributed by atoms with Gasteiger partial charge in [-0.1, -0.05) is 24.3 Å². The zero-order valence-electron chi connectivity index (χ0n) is 15.3. The number of hydrogen-bond donors (Lipinski definition) is 2. The highest BCUT2D eigenvalue weighted by molar-refractivity contribution is 5.86. The summed E-state index contributed by atoms with van der Waals surface area (Å²) in [6.07, 6.45) is -0.0537. The van der Waals surface area contributed by atoms with Gasteiger partial charge >= 0.3 is 5.97 Å². The fourth-order valence-corrected chi connectivity index (χ4v) is 2.83. The molecule has 2 aromatic carbocycles. The molecule has 6 heteroatoms. The zero-order valence-corrected chi connectivity index (χ0v) is 15.3. The molecule has 2 N–H and O–H groups in total. The topological polar surface area (TPSA) is 84.9 Å². The van der Waals surface area contributed by atoms with E-state index in [-0.39, 0.29) is 6.42 Å². The number of carboxylic acids is 1. The third-order valence-electron chi connectivity index (χ3n) is 4.38. The number of methoxy groups -OCH3 is 2. The number of aryl methyl sites for hydroxylation is 1. The predicted octanol–water partition coefficient (Wildman–Crippen LogP) is 2.81. The Morgan fingerprint density at radius 2 is 1.62 bits per heavy atom. The van der Waals surface area contributed by atoms with Gasteiger partial charge in [0.2, 0.25) is 5.91 Å². The molecular weight excluding hydrogens is 334 g/mol. The van der Waals surface area contributed by atoms with Crippen LogP contribution in [0.2, 0.25) is 0 Å². The molecule has 0 aliphatic carbocycles. The molecule has 0 fully saturated rings. The third kappa shape index (κ3) is 4.14. The molecule has 0 saturated heterocycles. The normalized spacial score (nSPS) is 11.5. The van der Waals surface area contributed by atoms with Crippen molar-refractivity contribution in [3.63, 3.8) is 0 Å². The van der Waals surface area contributed by atoms with Crippen LogP contribution in [0.3, 0.4) is 0 Å². The maximum Gasteiger partial charge on any atom is 0.330 e. The molecule has 0 aliphatic rings. The first kappa shape index (κ1) is 19.3. The third-order valence-corrected chi connectivity index (χ3v) is 4.38. The molecule has 2 rings (SSSR count). The molecule has 0 bridgehead atoms. The fraction of sp³-hybridized carbons (Fsp3) is 0.300. The smallest absolute Gasteiger partial charge is 0.330 e. The van der Waals surface area contributed by atoms with Crippen LogP contribution in [-0.2, 0) is 16.0 Å². The van der Waals surface area contributed by atoms with Crippen LogP contribution in [0.4, 0.5) is 0 Å². The summed E-state index contributed by atoms with van der Waals surface area (Å²) in [6, 6.07) is 9.49. The standard InChI is InChI=1S/C20H23NO5/c1-12-7-5-8-14(13(12)2)19(20(23)24)21-18(22)11-15-16(25-3)9-6-10-17(15)26-4/h5-10,19H,11H2,1-4H3,(H,21,22)(H,23,24). The summed E-state index contributed by atoms with van der Waals surface area (Å²) in [5.74, 6) is -0.517. The van der Waals surface area contributed by atoms with Crippen molar-refractivity contribution in [3.05, 3.63) is 58.7 Å². The van der Waals surface area contributed by atoms with Crippen LogP contribution in [0.5, 0.6) is 11.5 Å². The van der Waals surface area contributed by atoms with E-state index in [0.717, 1.165) is 11.1 Å². The Morgan fingerprint density at radius 1 is 1.04 bits per heavy atom. The van der Waals surface area contributed by atoms with E-state index >= 15 is 0 Å². The molecule has 0 aliphatic heterocycles. The highest BCUT2D eigenvalue weighted by Gasteiger charge is 2.25. The average molecular weight is 357 g/mol. The molecule has 0 saturated carbocycles. The lowest BCUT2D eigenvalue weighted by Gasteiger charge is -2.19. The molecule has 0 aromatic heterocycles. The first-order valence-corrected chi connectivity index (χ1v) is 8.17. The number of ether oxygens (including phenoxy) is 2. The molecular formula is C20H23NO5. The zero-order chi connectivity index (χ0) is 19.3. The van der Waals surface area contributed by atoms with Crippen LogP contribution in [-0.4, -0.2) is 31.2 Å². The van der Waals surface area contributed by atoms with E-state index in [9.17, 15) is 14.7 Å². The number of aliphatic carboxylic acids is 1. The van der Waals surface area contributed by atoms with Crippen LogP contribution in [0.15, 0.2) is 36.4 Å². The first-order chi connectivity index (χ1) is 12.4. The number of carbonyl (C=O) groups excluding carboxylic acids is 1. The lowest BCUT2D eigenvalue weighted by molar-refractivity contribution is -0.142. The van der Waals surface area contributed by atoms with Crippen molar-refractivity contribution in [3.8, 4) is 11.5 Å². The van der Waals surface area contributed by atoms with E-state index in [1.54, 1.807) is 30.3 Å². The van der Waals surface area contributed by atoms with E-state index < -0.39 is 17.9 Å². The quantitative estimate of drug-likeness (QED) is 0.796. The number of carbonyl (C=O) groups is 2. The molecule has 1 amide bonds. The molecule has 1 atom stereocenters. The minimum absolute atomic E-state index is 0.0537. The molecule has 26 heavy (non-hydrogen) atoms. The van der Waals surface area contributed by atoms with Crippen molar-refractivity contribution < 1.29 is 24.2 Å². The van der Waals surface area contributed by atoms with Gasteiger partial charge in [-0.15, -0.1) is 0 Å². The first-order valence-electron chi connectivity index (χ1n) is 8.17. The van der Waals surface area contributed by atoms with Gasteiger partial charge in [-0.2, -0.15) is 0 Å². The van der Waals surface area contributed by atoms with Gasteiger partial charge in [-0.3, -0.25) is 4.79 Å². The highest BCUT2D eigenvalue weighted by atomic mass is 16.5. The van der Waals surface area contributed by atoms with E-state index in [1.807, 2.05) is 19.9 Å². The van der Waals surface area contributed by atoms with Gasteiger partial charge in [-0.25, -0.2) is 4.79 Å². The Morgan fingerprint density at radius 3 is 2.15 bits per heavy atom. The van der Waals surface area contributed by atoms with Gasteiger partial charge in [0.1, 0.15) is 11.5 Å². The second-order valence-corrected chi connectivity index (χ2v) is 5.95. The van der Waals surface area contributed by atoms with Crippen molar-refractivity contribution in [2.24, 2.45) is 0 Å². The summed E-state index contributed by atoms with van der Waals surface area (Å²) >= 11 is 0. The van der Waals surface area contributed by atoms with Gasteiger partial charge < -0.3 is 19.9 Å². The number of benzene rings is 2. The monoisotopic (exact) mass is 357 g/mol. The number of nitrogens with one attached hydrogen (secondary N) is 1. The molecule has 6 nitrogen and oxygen atoms in total. The highest BCUT2D eigenvalue weighted by Crippen LogP contribution is 2.29. The van der Waals surface area contributed by atoms with Gasteiger partial charge in [-0.05, 0) is 42.7 Å². The van der Waals surface area contributed by atoms with Gasteiger partial charge in [0, 0.05) is 5.56 Å². The van der Waals surface area contributed by atoms with E-state index in [2.05, 4.69) is 5.32 Å². The predicted molar refractivity (Wildman–Crippen MR) is 97.7 cm³/mol. The Bertz CT molecular complexity index is 794. The fourth-order valence-electron chi connectivity index (χ4n) is 2.83. The summed E-state index contributed by atoms with van der Waals surface area (Å²) in [4.78, 5) is 24.3. The van der Waals surface area contributed by atoms with Gasteiger partial charge in [0.05, 0.1) is 20.6 Å². The number of rotatable bonds is 7. The summed E-state index contributed by atoms with van der Waals surface area (Å²) < 4.78 is 10.6. The maximum absolute atomic E-state index is 12.5. The minimum atomic E-state index is -1.12. The summed E-state index contributed by atoms with van der Waals surface area (Å²) in [5.41, 5.74) is 2.95. The SMILES string of the molecule is COc1cccc(OC)c1CC(=O)NC(C(=O)O)c1cccc(C)c1C. The van der Waals surface area contributed by atoms with Crippen LogP contribution >= 0.6 is 0 Å². The Balaban J connectivity index is 2.27. The van der Waals surface area contributed by atoms with E-state index in [4.69, 9.17) is 9.47 Å². The molecule has 0 heterocycles. The van der Waals surface area contributed by atoms with Gasteiger partial charge in [0.15, 0.2) is 6.04 Å². The van der Waals surface area contributed by atoms with Crippen molar-refractivity contribution in [1.82, 2.24) is 5.32 Å². The lowest BCUT2D eigenvalue weighted by atomic mass is 9.97. The molecule has 2 aromatic rings. The summed E-state index contributed by atoms with van der Waals surface area (Å²) in [5, 5.41) is 12.2. The van der Waals surface area contributed by atoms with Crippen molar-refractivity contribution >= 4 is 11.9 Å². The second-order valence-electron chi connectivity index (χ2n) is 5.95. The van der Waals surface area contributed by atoms with Crippen molar-refractivity contribution in [2.75, 3.05) is 14.2 Å². The van der Waals surface area contributed by atoms with Crippen LogP contribution < -0.4 is 14.8 Å².